The van der Waals surface area contributed by atoms with Gasteiger partial charge in [-0.05, 0) is 85.9 Å². The maximum Gasteiger partial charge on any atom is 0.0804 e. The van der Waals surface area contributed by atoms with Gasteiger partial charge in [0.2, 0.25) is 0 Å². The molecule has 0 saturated heterocycles. The van der Waals surface area contributed by atoms with Gasteiger partial charge < -0.3 is 15.3 Å². The lowest BCUT2D eigenvalue weighted by molar-refractivity contribution is -0.0779. The van der Waals surface area contributed by atoms with E-state index >= 15 is 0 Å². The van der Waals surface area contributed by atoms with Crippen molar-refractivity contribution in [3.05, 3.63) is 11.6 Å². The highest BCUT2D eigenvalue weighted by Gasteiger charge is 2.59. The number of hydrogen-bond donors (Lipinski definition) is 3. The molecule has 0 aromatic heterocycles. The Balaban J connectivity index is 1.63. The molecule has 4 rings (SSSR count). The predicted octanol–water partition coefficient (Wildman–Crippen LogP) is 3.28. The zero-order chi connectivity index (χ0) is 17.1. The van der Waals surface area contributed by atoms with Gasteiger partial charge in [0, 0.05) is 0 Å². The number of aliphatic hydroxyl groups is 3. The molecule has 0 unspecified atom stereocenters. The van der Waals surface area contributed by atoms with Crippen LogP contribution in [0.25, 0.3) is 0 Å². The van der Waals surface area contributed by atoms with Gasteiger partial charge in [0.1, 0.15) is 0 Å². The summed E-state index contributed by atoms with van der Waals surface area (Å²) in [5.74, 6) is 2.42. The molecule has 0 heterocycles. The summed E-state index contributed by atoms with van der Waals surface area (Å²) in [4.78, 5) is 0. The van der Waals surface area contributed by atoms with Gasteiger partial charge in [-0.25, -0.2) is 0 Å². The molecule has 3 N–H and O–H groups in total. The summed E-state index contributed by atoms with van der Waals surface area (Å²) in [6.45, 7) is 4.75. The standard InChI is InChI=1S/C21H34O3/c1-20-9-7-14(23)11-13(20)3-4-15-16-5-6-18(19(24)12-22)21(16,2)10-8-17(15)20/h3,14-19,22-24H,4-12H2,1-2H3/t14-,15-,16-,17-,18+,19+,20-,21-/m0/s1. The first-order chi connectivity index (χ1) is 11.4. The first-order valence-electron chi connectivity index (χ1n) is 10.1. The Kier molecular flexibility index (Phi) is 4.14. The summed E-state index contributed by atoms with van der Waals surface area (Å²) in [7, 11) is 0. The van der Waals surface area contributed by atoms with Gasteiger partial charge in [0.15, 0.2) is 0 Å². The molecular weight excluding hydrogens is 300 g/mol. The van der Waals surface area contributed by atoms with Crippen LogP contribution in [0.3, 0.4) is 0 Å². The van der Waals surface area contributed by atoms with E-state index in [4.69, 9.17) is 0 Å². The van der Waals surface area contributed by atoms with Gasteiger partial charge >= 0.3 is 0 Å². The van der Waals surface area contributed by atoms with E-state index in [0.29, 0.717) is 5.92 Å². The fourth-order valence-corrected chi connectivity index (χ4v) is 7.44. The predicted molar refractivity (Wildman–Crippen MR) is 94.3 cm³/mol. The van der Waals surface area contributed by atoms with Crippen molar-refractivity contribution in [1.29, 1.82) is 0 Å². The van der Waals surface area contributed by atoms with Gasteiger partial charge in [0.05, 0.1) is 18.8 Å². The first-order valence-corrected chi connectivity index (χ1v) is 10.1. The third kappa shape index (κ3) is 2.27. The lowest BCUT2D eigenvalue weighted by Gasteiger charge is -2.58. The lowest BCUT2D eigenvalue weighted by Crippen LogP contribution is -2.51. The van der Waals surface area contributed by atoms with E-state index in [1.165, 1.54) is 24.8 Å². The van der Waals surface area contributed by atoms with E-state index in [9.17, 15) is 15.3 Å². The molecule has 3 nitrogen and oxygen atoms in total. The van der Waals surface area contributed by atoms with Crippen LogP contribution in [0, 0.1) is 34.5 Å². The molecule has 3 heteroatoms. The average molecular weight is 335 g/mol. The largest absolute Gasteiger partial charge is 0.394 e. The summed E-state index contributed by atoms with van der Waals surface area (Å²) in [5.41, 5.74) is 2.01. The van der Waals surface area contributed by atoms with Gasteiger partial charge in [-0.3, -0.25) is 0 Å². The number of hydrogen-bond acceptors (Lipinski definition) is 3. The van der Waals surface area contributed by atoms with E-state index in [-0.39, 0.29) is 29.5 Å². The third-order valence-corrected chi connectivity index (χ3v) is 8.80. The van der Waals surface area contributed by atoms with Gasteiger partial charge in [-0.2, -0.15) is 0 Å². The Morgan fingerprint density at radius 2 is 1.92 bits per heavy atom. The monoisotopic (exact) mass is 334 g/mol. The number of fused-ring (bicyclic) bond motifs is 5. The smallest absolute Gasteiger partial charge is 0.0804 e. The van der Waals surface area contributed by atoms with Crippen LogP contribution in [0.15, 0.2) is 11.6 Å². The summed E-state index contributed by atoms with van der Waals surface area (Å²) in [5, 5.41) is 29.9. The van der Waals surface area contributed by atoms with Crippen molar-refractivity contribution in [3.8, 4) is 0 Å². The van der Waals surface area contributed by atoms with Gasteiger partial charge in [-0.15, -0.1) is 0 Å². The Labute approximate surface area is 146 Å². The molecular formula is C21H34O3. The molecule has 24 heavy (non-hydrogen) atoms. The summed E-state index contributed by atoms with van der Waals surface area (Å²) in [6, 6.07) is 0. The zero-order valence-corrected chi connectivity index (χ0v) is 15.2. The van der Waals surface area contributed by atoms with Crippen molar-refractivity contribution in [3.63, 3.8) is 0 Å². The van der Waals surface area contributed by atoms with Crippen molar-refractivity contribution < 1.29 is 15.3 Å². The second-order valence-corrected chi connectivity index (χ2v) is 9.63. The third-order valence-electron chi connectivity index (χ3n) is 8.80. The van der Waals surface area contributed by atoms with Crippen LogP contribution in [-0.2, 0) is 0 Å². The molecule has 0 amide bonds. The molecule has 4 aliphatic rings. The highest BCUT2D eigenvalue weighted by atomic mass is 16.3. The maximum absolute atomic E-state index is 10.3. The quantitative estimate of drug-likeness (QED) is 0.679. The minimum absolute atomic E-state index is 0.0965. The minimum atomic E-state index is -0.549. The van der Waals surface area contributed by atoms with E-state index in [1.54, 1.807) is 0 Å². The number of aliphatic hydroxyl groups excluding tert-OH is 3. The fourth-order valence-electron chi connectivity index (χ4n) is 7.44. The molecule has 8 atom stereocenters. The van der Waals surface area contributed by atoms with Crippen LogP contribution >= 0.6 is 0 Å². The van der Waals surface area contributed by atoms with Gasteiger partial charge in [-0.1, -0.05) is 25.5 Å². The van der Waals surface area contributed by atoms with Crippen LogP contribution < -0.4 is 0 Å². The maximum atomic E-state index is 10.3. The van der Waals surface area contributed by atoms with Crippen LogP contribution in [-0.4, -0.2) is 34.1 Å². The van der Waals surface area contributed by atoms with Crippen molar-refractivity contribution in [2.75, 3.05) is 6.61 Å². The Bertz CT molecular complexity index is 529. The molecule has 0 radical (unpaired) electrons. The normalized spacial score (nSPS) is 52.0. The molecule has 0 aromatic carbocycles. The molecule has 136 valence electrons. The van der Waals surface area contributed by atoms with E-state index < -0.39 is 6.10 Å². The fraction of sp³-hybridized carbons (Fsp3) is 0.905. The Hall–Kier alpha value is -0.380. The molecule has 3 fully saturated rings. The molecule has 0 spiro atoms. The molecule has 3 saturated carbocycles. The van der Waals surface area contributed by atoms with Crippen LogP contribution in [0.2, 0.25) is 0 Å². The highest BCUT2D eigenvalue weighted by Crippen LogP contribution is 2.66. The summed E-state index contributed by atoms with van der Waals surface area (Å²) >= 11 is 0. The Morgan fingerprint density at radius 3 is 2.67 bits per heavy atom. The van der Waals surface area contributed by atoms with E-state index in [1.807, 2.05) is 0 Å². The van der Waals surface area contributed by atoms with Crippen molar-refractivity contribution in [2.45, 2.75) is 77.4 Å². The number of allylic oxidation sites excluding steroid dienone is 1. The highest BCUT2D eigenvalue weighted by molar-refractivity contribution is 5.25. The molecule has 0 aliphatic heterocycles. The zero-order valence-electron chi connectivity index (χ0n) is 15.2. The SMILES string of the molecule is C[C@]12CC[C@H]3[C@@H](CC=C4C[C@@H](O)CC[C@@]43C)[C@@H]1CC[C@@H]2[C@H](O)CO. The number of rotatable bonds is 2. The van der Waals surface area contributed by atoms with Crippen molar-refractivity contribution >= 4 is 0 Å². The van der Waals surface area contributed by atoms with E-state index in [2.05, 4.69) is 19.9 Å². The second-order valence-electron chi connectivity index (χ2n) is 9.63. The summed E-state index contributed by atoms with van der Waals surface area (Å²) < 4.78 is 0. The molecule has 0 bridgehead atoms. The van der Waals surface area contributed by atoms with Gasteiger partial charge in [0.25, 0.3) is 0 Å². The van der Waals surface area contributed by atoms with Crippen LogP contribution in [0.4, 0.5) is 0 Å². The van der Waals surface area contributed by atoms with Crippen LogP contribution in [0.1, 0.15) is 65.2 Å². The second kappa shape index (κ2) is 5.82. The first kappa shape index (κ1) is 17.1. The topological polar surface area (TPSA) is 60.7 Å². The minimum Gasteiger partial charge on any atom is -0.394 e. The molecule has 4 aliphatic carbocycles. The Morgan fingerprint density at radius 1 is 1.12 bits per heavy atom. The summed E-state index contributed by atoms with van der Waals surface area (Å²) in [6.07, 6.45) is 10.6. The van der Waals surface area contributed by atoms with Crippen molar-refractivity contribution in [1.82, 2.24) is 0 Å². The van der Waals surface area contributed by atoms with Crippen LogP contribution in [0.5, 0.6) is 0 Å². The molecule has 0 aromatic rings. The van der Waals surface area contributed by atoms with E-state index in [0.717, 1.165) is 43.9 Å². The lowest BCUT2D eigenvalue weighted by atomic mass is 9.47. The van der Waals surface area contributed by atoms with Crippen molar-refractivity contribution in [2.24, 2.45) is 34.5 Å². The average Bonchev–Trinajstić information content (AvgIpc) is 2.92.